The zero-order valence-electron chi connectivity index (χ0n) is 18.5. The van der Waals surface area contributed by atoms with Crippen LogP contribution in [-0.4, -0.2) is 29.6 Å². The van der Waals surface area contributed by atoms with Crippen LogP contribution in [0, 0.1) is 11.7 Å². The summed E-state index contributed by atoms with van der Waals surface area (Å²) in [6.45, 7) is 0.509. The predicted octanol–water partition coefficient (Wildman–Crippen LogP) is 7.03. The van der Waals surface area contributed by atoms with Crippen LogP contribution < -0.4 is 10.1 Å². The van der Waals surface area contributed by atoms with E-state index >= 15 is 0 Å². The highest BCUT2D eigenvalue weighted by molar-refractivity contribution is 6.40. The summed E-state index contributed by atoms with van der Waals surface area (Å²) in [6.07, 6.45) is 0.900. The Bertz CT molecular complexity index is 1370. The van der Waals surface area contributed by atoms with E-state index < -0.39 is 23.7 Å². The Labute approximate surface area is 226 Å². The summed E-state index contributed by atoms with van der Waals surface area (Å²) in [6, 6.07) is 9.22. The number of rotatable bonds is 6. The molecular formula is C26H18Cl4FNO4. The Hall–Kier alpha value is -2.51. The molecule has 0 aromatic heterocycles. The minimum Gasteiger partial charge on any atom is -0.492 e. The highest BCUT2D eigenvalue weighted by Gasteiger charge is 2.46. The molecule has 1 saturated carbocycles. The maximum atomic E-state index is 13.8. The van der Waals surface area contributed by atoms with E-state index in [2.05, 4.69) is 5.32 Å². The maximum Gasteiger partial charge on any atom is 0.326 e. The van der Waals surface area contributed by atoms with Crippen LogP contribution in [-0.2, 0) is 11.2 Å². The Morgan fingerprint density at radius 2 is 1.72 bits per heavy atom. The maximum absolute atomic E-state index is 13.8. The molecule has 2 N–H and O–H groups in total. The van der Waals surface area contributed by atoms with E-state index in [0.717, 1.165) is 12.0 Å². The van der Waals surface area contributed by atoms with Crippen LogP contribution in [0.15, 0.2) is 42.5 Å². The van der Waals surface area contributed by atoms with Crippen LogP contribution in [0.1, 0.15) is 33.8 Å². The Kier molecular flexibility index (Phi) is 6.81. The molecule has 10 heteroatoms. The predicted molar refractivity (Wildman–Crippen MR) is 137 cm³/mol. The number of carboxylic acids is 1. The van der Waals surface area contributed by atoms with Gasteiger partial charge in [0.05, 0.1) is 32.3 Å². The highest BCUT2D eigenvalue weighted by Crippen LogP contribution is 2.58. The lowest BCUT2D eigenvalue weighted by Gasteiger charge is -2.25. The summed E-state index contributed by atoms with van der Waals surface area (Å²) < 4.78 is 19.9. The number of halogens is 5. The van der Waals surface area contributed by atoms with Gasteiger partial charge in [0.15, 0.2) is 0 Å². The zero-order chi connectivity index (χ0) is 25.7. The number of benzene rings is 3. The van der Waals surface area contributed by atoms with Gasteiger partial charge in [-0.25, -0.2) is 9.18 Å². The lowest BCUT2D eigenvalue weighted by atomic mass is 9.89. The van der Waals surface area contributed by atoms with Gasteiger partial charge in [0.2, 0.25) is 0 Å². The van der Waals surface area contributed by atoms with Crippen molar-refractivity contribution in [2.75, 3.05) is 6.61 Å². The van der Waals surface area contributed by atoms with Crippen LogP contribution in [0.2, 0.25) is 20.1 Å². The van der Waals surface area contributed by atoms with Crippen LogP contribution in [0.25, 0.3) is 11.1 Å². The van der Waals surface area contributed by atoms with Crippen molar-refractivity contribution in [2.24, 2.45) is 5.92 Å². The lowest BCUT2D eigenvalue weighted by Crippen LogP contribution is -2.42. The quantitative estimate of drug-likeness (QED) is 0.335. The van der Waals surface area contributed by atoms with E-state index in [1.165, 1.54) is 24.3 Å². The molecule has 3 aromatic rings. The number of ether oxygens (including phenoxy) is 1. The second-order valence-corrected chi connectivity index (χ2v) is 10.5. The van der Waals surface area contributed by atoms with E-state index in [4.69, 9.17) is 51.1 Å². The molecule has 1 aliphatic heterocycles. The average molecular weight is 569 g/mol. The zero-order valence-corrected chi connectivity index (χ0v) is 21.5. The summed E-state index contributed by atoms with van der Waals surface area (Å²) in [5.74, 6) is -1.39. The van der Waals surface area contributed by atoms with Gasteiger partial charge in [-0.1, -0.05) is 64.6 Å². The molecule has 2 aliphatic rings. The molecule has 36 heavy (non-hydrogen) atoms. The van der Waals surface area contributed by atoms with Gasteiger partial charge >= 0.3 is 5.97 Å². The van der Waals surface area contributed by atoms with E-state index in [0.29, 0.717) is 35.0 Å². The van der Waals surface area contributed by atoms with Gasteiger partial charge in [-0.05, 0) is 42.2 Å². The van der Waals surface area contributed by atoms with Crippen molar-refractivity contribution in [2.45, 2.75) is 24.8 Å². The summed E-state index contributed by atoms with van der Waals surface area (Å²) in [4.78, 5) is 25.0. The largest absolute Gasteiger partial charge is 0.492 e. The van der Waals surface area contributed by atoms with E-state index in [9.17, 15) is 19.1 Å². The van der Waals surface area contributed by atoms with Crippen molar-refractivity contribution in [3.8, 4) is 16.9 Å². The average Bonchev–Trinajstić information content (AvgIpc) is 3.59. The molecule has 0 spiro atoms. The second kappa shape index (κ2) is 9.75. The first kappa shape index (κ1) is 25.2. The molecule has 2 unspecified atom stereocenters. The van der Waals surface area contributed by atoms with E-state index in [1.807, 2.05) is 0 Å². The number of carbonyl (C=O) groups excluding carboxylic acids is 1. The number of nitrogens with one attached hydrogen (secondary N) is 1. The second-order valence-electron chi connectivity index (χ2n) is 8.84. The molecule has 5 rings (SSSR count). The Morgan fingerprint density at radius 3 is 2.36 bits per heavy atom. The fourth-order valence-electron chi connectivity index (χ4n) is 4.72. The number of carboxylic acid groups (broad SMARTS) is 1. The molecule has 0 bridgehead atoms. The first-order valence-corrected chi connectivity index (χ1v) is 12.6. The van der Waals surface area contributed by atoms with Crippen molar-refractivity contribution < 1.29 is 23.8 Å². The third-order valence-corrected chi connectivity index (χ3v) is 7.74. The molecule has 3 aromatic carbocycles. The van der Waals surface area contributed by atoms with Gasteiger partial charge in [0, 0.05) is 29.0 Å². The highest BCUT2D eigenvalue weighted by atomic mass is 35.5. The summed E-state index contributed by atoms with van der Waals surface area (Å²) in [5.41, 5.74) is 2.63. The van der Waals surface area contributed by atoms with Gasteiger partial charge in [-0.3, -0.25) is 4.79 Å². The fraction of sp³-hybridized carbons (Fsp3) is 0.231. The molecule has 3 atom stereocenters. The van der Waals surface area contributed by atoms with Gasteiger partial charge in [0.1, 0.15) is 17.6 Å². The summed E-state index contributed by atoms with van der Waals surface area (Å²) >= 11 is 24.9. The number of amides is 1. The smallest absolute Gasteiger partial charge is 0.326 e. The van der Waals surface area contributed by atoms with Crippen LogP contribution in [0.4, 0.5) is 4.39 Å². The Morgan fingerprint density at radius 1 is 1.06 bits per heavy atom. The molecule has 1 amide bonds. The van der Waals surface area contributed by atoms with Crippen molar-refractivity contribution in [3.63, 3.8) is 0 Å². The van der Waals surface area contributed by atoms with Crippen molar-refractivity contribution in [1.82, 2.24) is 5.32 Å². The van der Waals surface area contributed by atoms with Crippen LogP contribution in [0.3, 0.4) is 0 Å². The number of fused-ring (bicyclic) bond motifs is 3. The fourth-order valence-corrected chi connectivity index (χ4v) is 5.95. The molecule has 1 fully saturated rings. The van der Waals surface area contributed by atoms with Gasteiger partial charge in [0.25, 0.3) is 5.91 Å². The first-order chi connectivity index (χ1) is 17.2. The molecule has 1 aliphatic carbocycles. The van der Waals surface area contributed by atoms with Gasteiger partial charge in [-0.15, -0.1) is 0 Å². The van der Waals surface area contributed by atoms with E-state index in [1.54, 1.807) is 18.2 Å². The van der Waals surface area contributed by atoms with Crippen LogP contribution >= 0.6 is 46.4 Å². The first-order valence-electron chi connectivity index (χ1n) is 11.1. The van der Waals surface area contributed by atoms with Gasteiger partial charge in [-0.2, -0.15) is 0 Å². The van der Waals surface area contributed by atoms with Crippen molar-refractivity contribution >= 4 is 58.3 Å². The summed E-state index contributed by atoms with van der Waals surface area (Å²) in [7, 11) is 0. The molecule has 0 saturated heterocycles. The van der Waals surface area contributed by atoms with Gasteiger partial charge < -0.3 is 15.2 Å². The number of carbonyl (C=O) groups is 2. The molecule has 5 nitrogen and oxygen atoms in total. The summed E-state index contributed by atoms with van der Waals surface area (Å²) in [5, 5.41) is 13.0. The third-order valence-electron chi connectivity index (χ3n) is 6.52. The minimum absolute atomic E-state index is 0.00319. The third kappa shape index (κ3) is 4.63. The lowest BCUT2D eigenvalue weighted by molar-refractivity contribution is -0.139. The molecule has 0 radical (unpaired) electrons. The number of hydrogen-bond donors (Lipinski definition) is 2. The van der Waals surface area contributed by atoms with E-state index in [-0.39, 0.29) is 38.0 Å². The molecule has 186 valence electrons. The topological polar surface area (TPSA) is 75.6 Å². The molecular weight excluding hydrogens is 551 g/mol. The molecule has 1 heterocycles. The van der Waals surface area contributed by atoms with Crippen LogP contribution in [0.5, 0.6) is 5.75 Å². The number of aliphatic carboxylic acids is 1. The SMILES string of the molecule is O=C(N[C@@H](Cc1ccc(-c2c(Cl)cc(F)cc2Cl)c2c1C1CC1CO2)C(=O)O)c1c(Cl)cccc1Cl. The van der Waals surface area contributed by atoms with Crippen molar-refractivity contribution in [3.05, 3.63) is 85.1 Å². The normalized spacial score (nSPS) is 18.5. The monoisotopic (exact) mass is 567 g/mol. The van der Waals surface area contributed by atoms with Crippen molar-refractivity contribution in [1.29, 1.82) is 0 Å². The minimum atomic E-state index is -1.25. The number of hydrogen-bond acceptors (Lipinski definition) is 3. The Balaban J connectivity index is 1.52. The standard InChI is InChI=1S/C26H18Cl4FNO4/c27-16-2-1-3-17(28)23(16)25(33)32-20(26(34)35)7-11-4-5-14(22-18(29)8-13(31)9-19(22)30)24-21(11)15-6-12(15)10-36-24/h1-5,8-9,12,15,20H,6-7,10H2,(H,32,33)(H,34,35)/t12?,15?,20-/m0/s1.